The lowest BCUT2D eigenvalue weighted by Gasteiger charge is -2.05. The van der Waals surface area contributed by atoms with Gasteiger partial charge in [0.1, 0.15) is 0 Å². The number of aliphatic carboxylic acids is 1. The predicted molar refractivity (Wildman–Crippen MR) is 49.4 cm³/mol. The van der Waals surface area contributed by atoms with Crippen LogP contribution in [0.4, 0.5) is 0 Å². The maximum Gasteiger partial charge on any atom is 0.355 e. The molecule has 0 aromatic carbocycles. The number of nitrogens with zero attached hydrogens (tertiary/aromatic N) is 2. The van der Waals surface area contributed by atoms with Crippen molar-refractivity contribution in [2.24, 2.45) is 9.98 Å². The van der Waals surface area contributed by atoms with Gasteiger partial charge in [-0.1, -0.05) is 17.7 Å². The molecule has 13 heavy (non-hydrogen) atoms. The molecule has 0 saturated heterocycles. The van der Waals surface area contributed by atoms with Gasteiger partial charge in [0.25, 0.3) is 0 Å². The molecular weight excluding hydrogens is 192 g/mol. The van der Waals surface area contributed by atoms with Crippen LogP contribution in [0.5, 0.6) is 0 Å². The van der Waals surface area contributed by atoms with E-state index in [2.05, 4.69) is 9.98 Å². The van der Waals surface area contributed by atoms with Gasteiger partial charge in [0, 0.05) is 11.8 Å². The van der Waals surface area contributed by atoms with E-state index >= 15 is 0 Å². The first-order valence-electron chi connectivity index (χ1n) is 3.61. The summed E-state index contributed by atoms with van der Waals surface area (Å²) in [7, 11) is 0. The summed E-state index contributed by atoms with van der Waals surface area (Å²) in [5, 5.41) is 8.89. The standard InChI is InChI=1S/C8H5ClN2O2/c9-5-4-2-1-3-10-7(4)11-6(5)8(12)13/h1-3,7H,(H,12,13). The zero-order valence-corrected chi connectivity index (χ0v) is 7.19. The minimum atomic E-state index is -1.12. The molecule has 2 aliphatic rings. The highest BCUT2D eigenvalue weighted by Crippen LogP contribution is 2.28. The topological polar surface area (TPSA) is 62.0 Å². The molecule has 0 amide bonds. The second kappa shape index (κ2) is 2.81. The van der Waals surface area contributed by atoms with Crippen LogP contribution in [0.2, 0.25) is 0 Å². The van der Waals surface area contributed by atoms with Crippen LogP contribution in [-0.4, -0.2) is 29.2 Å². The Kier molecular flexibility index (Phi) is 1.77. The van der Waals surface area contributed by atoms with Crippen molar-refractivity contribution in [3.05, 3.63) is 22.8 Å². The maximum atomic E-state index is 10.6. The molecule has 66 valence electrons. The first kappa shape index (κ1) is 8.19. The Hall–Kier alpha value is -1.42. The van der Waals surface area contributed by atoms with Crippen molar-refractivity contribution < 1.29 is 9.90 Å². The number of aliphatic imine (C=N–C) groups is 2. The molecule has 0 radical (unpaired) electrons. The van der Waals surface area contributed by atoms with Crippen LogP contribution in [0.15, 0.2) is 32.7 Å². The Labute approximate surface area is 79.0 Å². The third-order valence-corrected chi connectivity index (χ3v) is 2.18. The molecule has 0 bridgehead atoms. The minimum absolute atomic E-state index is 0.106. The zero-order valence-electron chi connectivity index (χ0n) is 6.44. The normalized spacial score (nSPS) is 24.7. The van der Waals surface area contributed by atoms with Gasteiger partial charge < -0.3 is 5.11 Å². The fraction of sp³-hybridized carbons (Fsp3) is 0.125. The lowest BCUT2D eigenvalue weighted by Crippen LogP contribution is -2.10. The summed E-state index contributed by atoms with van der Waals surface area (Å²) in [5.74, 6) is -1.12. The molecule has 1 N–H and O–H groups in total. The number of dihydropyridines is 1. The smallest absolute Gasteiger partial charge is 0.355 e. The largest absolute Gasteiger partial charge is 0.476 e. The first-order chi connectivity index (χ1) is 6.20. The van der Waals surface area contributed by atoms with E-state index in [4.69, 9.17) is 16.7 Å². The van der Waals surface area contributed by atoms with Gasteiger partial charge in [0.2, 0.25) is 0 Å². The molecule has 0 aromatic heterocycles. The number of carbonyl (C=O) groups is 1. The van der Waals surface area contributed by atoms with Crippen molar-refractivity contribution >= 4 is 29.5 Å². The summed E-state index contributed by atoms with van der Waals surface area (Å²) in [6, 6.07) is 0. The van der Waals surface area contributed by atoms with Gasteiger partial charge in [0.05, 0.1) is 5.03 Å². The van der Waals surface area contributed by atoms with Crippen molar-refractivity contribution in [1.29, 1.82) is 0 Å². The fourth-order valence-electron chi connectivity index (χ4n) is 1.20. The third kappa shape index (κ3) is 1.19. The lowest BCUT2D eigenvalue weighted by atomic mass is 10.1. The van der Waals surface area contributed by atoms with E-state index in [1.165, 1.54) is 0 Å². The van der Waals surface area contributed by atoms with E-state index in [9.17, 15) is 4.79 Å². The highest BCUT2D eigenvalue weighted by molar-refractivity contribution is 6.59. The van der Waals surface area contributed by atoms with Gasteiger partial charge in [-0.3, -0.25) is 4.99 Å². The quantitative estimate of drug-likeness (QED) is 0.680. The number of hydrogen-bond donors (Lipinski definition) is 1. The summed E-state index contributed by atoms with van der Waals surface area (Å²) in [6.07, 6.45) is 4.55. The van der Waals surface area contributed by atoms with Crippen LogP contribution >= 0.6 is 11.6 Å². The number of halogens is 1. The van der Waals surface area contributed by atoms with Gasteiger partial charge in [-0.15, -0.1) is 0 Å². The Bertz CT molecular complexity index is 393. The highest BCUT2D eigenvalue weighted by Gasteiger charge is 2.29. The van der Waals surface area contributed by atoms with Gasteiger partial charge in [-0.05, 0) is 6.08 Å². The van der Waals surface area contributed by atoms with E-state index in [0.29, 0.717) is 5.57 Å². The van der Waals surface area contributed by atoms with Crippen molar-refractivity contribution in [1.82, 2.24) is 0 Å². The van der Waals surface area contributed by atoms with E-state index in [1.54, 1.807) is 18.4 Å². The minimum Gasteiger partial charge on any atom is -0.476 e. The van der Waals surface area contributed by atoms with Gasteiger partial charge >= 0.3 is 5.97 Å². The van der Waals surface area contributed by atoms with Gasteiger partial charge in [-0.25, -0.2) is 9.79 Å². The van der Waals surface area contributed by atoms with Crippen molar-refractivity contribution in [2.75, 3.05) is 0 Å². The molecule has 4 nitrogen and oxygen atoms in total. The number of allylic oxidation sites excluding steroid dienone is 1. The third-order valence-electron chi connectivity index (χ3n) is 1.78. The molecule has 2 heterocycles. The van der Waals surface area contributed by atoms with E-state index in [1.807, 2.05) is 0 Å². The molecule has 1 atom stereocenters. The molecule has 0 spiro atoms. The molecule has 5 heteroatoms. The zero-order chi connectivity index (χ0) is 9.42. The average molecular weight is 197 g/mol. The summed E-state index contributed by atoms with van der Waals surface area (Å²) in [6.45, 7) is 0. The van der Waals surface area contributed by atoms with Crippen LogP contribution in [0.3, 0.4) is 0 Å². The molecule has 0 fully saturated rings. The second-order valence-corrected chi connectivity index (χ2v) is 2.96. The molecule has 1 unspecified atom stereocenters. The summed E-state index contributed by atoms with van der Waals surface area (Å²) < 4.78 is 0. The van der Waals surface area contributed by atoms with Crippen molar-refractivity contribution in [3.8, 4) is 0 Å². The van der Waals surface area contributed by atoms with E-state index in [-0.39, 0.29) is 10.7 Å². The first-order valence-corrected chi connectivity index (χ1v) is 3.99. The summed E-state index contributed by atoms with van der Waals surface area (Å²) >= 11 is 5.79. The van der Waals surface area contributed by atoms with Crippen LogP contribution in [-0.2, 0) is 4.79 Å². The highest BCUT2D eigenvalue weighted by atomic mass is 35.5. The molecule has 0 aromatic rings. The number of rotatable bonds is 1. The van der Waals surface area contributed by atoms with Gasteiger partial charge in [-0.2, -0.15) is 0 Å². The SMILES string of the molecule is O=C(O)C1=NC2N=CC=CC2=C1Cl. The molecule has 0 aliphatic carbocycles. The number of fused-ring (bicyclic) bond motifs is 1. The lowest BCUT2D eigenvalue weighted by molar-refractivity contribution is -0.129. The van der Waals surface area contributed by atoms with Crippen molar-refractivity contribution in [3.63, 3.8) is 0 Å². The van der Waals surface area contributed by atoms with Crippen LogP contribution in [0.1, 0.15) is 0 Å². The van der Waals surface area contributed by atoms with Crippen LogP contribution in [0.25, 0.3) is 0 Å². The molecule has 2 rings (SSSR count). The van der Waals surface area contributed by atoms with Crippen LogP contribution < -0.4 is 0 Å². The van der Waals surface area contributed by atoms with Gasteiger partial charge in [0.15, 0.2) is 11.9 Å². The van der Waals surface area contributed by atoms with E-state index < -0.39 is 12.1 Å². The molecule has 0 saturated carbocycles. The van der Waals surface area contributed by atoms with E-state index in [0.717, 1.165) is 0 Å². The maximum absolute atomic E-state index is 10.6. The summed E-state index contributed by atoms with van der Waals surface area (Å²) in [5.41, 5.74) is 0.548. The Balaban J connectivity index is 2.47. The van der Waals surface area contributed by atoms with Crippen molar-refractivity contribution in [2.45, 2.75) is 6.17 Å². The Morgan fingerprint density at radius 1 is 1.62 bits per heavy atom. The molecular formula is C8H5ClN2O2. The van der Waals surface area contributed by atoms with Crippen LogP contribution in [0, 0.1) is 0 Å². The Morgan fingerprint density at radius 3 is 3.00 bits per heavy atom. The monoisotopic (exact) mass is 196 g/mol. The fourth-order valence-corrected chi connectivity index (χ4v) is 1.49. The molecule has 2 aliphatic heterocycles. The predicted octanol–water partition coefficient (Wildman–Crippen LogP) is 0.985. The number of carboxylic acid groups (broad SMARTS) is 1. The number of carboxylic acids is 1. The second-order valence-electron chi connectivity index (χ2n) is 2.58. The average Bonchev–Trinajstić information content (AvgIpc) is 2.45. The summed E-state index contributed by atoms with van der Waals surface area (Å²) in [4.78, 5) is 18.5. The Morgan fingerprint density at radius 2 is 2.38 bits per heavy atom. The number of hydrogen-bond acceptors (Lipinski definition) is 3.